The molecular weight excluding hydrogens is 294 g/mol. The summed E-state index contributed by atoms with van der Waals surface area (Å²) in [6, 6.07) is 0. The molecule has 1 rings (SSSR count). The predicted octanol–water partition coefficient (Wildman–Crippen LogP) is 3.05. The molecule has 0 saturated heterocycles. The molecule has 0 amide bonds. The van der Waals surface area contributed by atoms with Crippen molar-refractivity contribution in [2.24, 2.45) is 23.5 Å². The lowest BCUT2D eigenvalue weighted by atomic mass is 9.80. The van der Waals surface area contributed by atoms with Crippen molar-refractivity contribution in [3.63, 3.8) is 0 Å². The minimum atomic E-state index is -0.253. The summed E-state index contributed by atoms with van der Waals surface area (Å²) in [6.45, 7) is 6.74. The van der Waals surface area contributed by atoms with Crippen LogP contribution in [0.3, 0.4) is 0 Å². The minimum absolute atomic E-state index is 0.146. The molecule has 1 fully saturated rings. The van der Waals surface area contributed by atoms with Crippen LogP contribution in [0.25, 0.3) is 0 Å². The molecule has 23 heavy (non-hydrogen) atoms. The van der Waals surface area contributed by atoms with E-state index in [1.54, 1.807) is 6.92 Å². The molecule has 2 unspecified atom stereocenters. The lowest BCUT2D eigenvalue weighted by Crippen LogP contribution is -2.26. The van der Waals surface area contributed by atoms with Gasteiger partial charge in [0.2, 0.25) is 0 Å². The lowest BCUT2D eigenvalue weighted by molar-refractivity contribution is -0.155. The molecule has 0 bridgehead atoms. The van der Waals surface area contributed by atoms with Crippen molar-refractivity contribution in [2.75, 3.05) is 13.2 Å². The van der Waals surface area contributed by atoms with E-state index in [-0.39, 0.29) is 24.0 Å². The van der Waals surface area contributed by atoms with E-state index in [2.05, 4.69) is 0 Å². The topological polar surface area (TPSA) is 78.6 Å². The lowest BCUT2D eigenvalue weighted by Gasteiger charge is -2.27. The molecule has 1 aliphatic rings. The number of hydrogen-bond acceptors (Lipinski definition) is 5. The zero-order valence-corrected chi connectivity index (χ0v) is 14.9. The highest BCUT2D eigenvalue weighted by atomic mass is 16.5. The highest BCUT2D eigenvalue weighted by Crippen LogP contribution is 2.30. The normalized spacial score (nSPS) is 23.8. The van der Waals surface area contributed by atoms with Gasteiger partial charge in [0.05, 0.1) is 18.6 Å². The van der Waals surface area contributed by atoms with Gasteiger partial charge >= 0.3 is 11.9 Å². The number of esters is 2. The molecule has 5 nitrogen and oxygen atoms in total. The van der Waals surface area contributed by atoms with E-state index in [9.17, 15) is 9.59 Å². The van der Waals surface area contributed by atoms with Gasteiger partial charge in [0.25, 0.3) is 0 Å². The number of ether oxygens (including phenoxy) is 2. The van der Waals surface area contributed by atoms with E-state index >= 15 is 0 Å². The molecule has 134 valence electrons. The van der Waals surface area contributed by atoms with Gasteiger partial charge in [-0.2, -0.15) is 0 Å². The van der Waals surface area contributed by atoms with E-state index in [4.69, 9.17) is 15.2 Å². The summed E-state index contributed by atoms with van der Waals surface area (Å²) >= 11 is 0. The highest BCUT2D eigenvalue weighted by Gasteiger charge is 2.25. The Bertz CT molecular complexity index is 364. The van der Waals surface area contributed by atoms with Crippen LogP contribution in [0, 0.1) is 17.8 Å². The molecule has 0 aromatic rings. The Labute approximate surface area is 140 Å². The predicted molar refractivity (Wildman–Crippen MR) is 89.7 cm³/mol. The van der Waals surface area contributed by atoms with Crippen molar-refractivity contribution in [3.8, 4) is 0 Å². The number of rotatable bonds is 9. The second kappa shape index (κ2) is 10.6. The van der Waals surface area contributed by atoms with Crippen molar-refractivity contribution >= 4 is 11.9 Å². The van der Waals surface area contributed by atoms with E-state index in [1.807, 2.05) is 13.8 Å². The molecule has 2 atom stereocenters. The van der Waals surface area contributed by atoms with Gasteiger partial charge in [-0.3, -0.25) is 9.59 Å². The summed E-state index contributed by atoms with van der Waals surface area (Å²) in [4.78, 5) is 23.9. The van der Waals surface area contributed by atoms with Gasteiger partial charge in [-0.15, -0.1) is 0 Å². The van der Waals surface area contributed by atoms with Crippen LogP contribution in [0.4, 0.5) is 0 Å². The number of hydrogen-bond donors (Lipinski definition) is 1. The summed E-state index contributed by atoms with van der Waals surface area (Å²) in [5, 5.41) is 0. The zero-order chi connectivity index (χ0) is 17.2. The third-order valence-corrected chi connectivity index (χ3v) is 4.82. The summed E-state index contributed by atoms with van der Waals surface area (Å²) in [5.41, 5.74) is 5.69. The van der Waals surface area contributed by atoms with Gasteiger partial charge in [0.1, 0.15) is 0 Å². The van der Waals surface area contributed by atoms with Crippen LogP contribution in [-0.2, 0) is 19.1 Å². The Morgan fingerprint density at radius 1 is 1.13 bits per heavy atom. The van der Waals surface area contributed by atoms with Gasteiger partial charge < -0.3 is 15.2 Å². The fourth-order valence-electron chi connectivity index (χ4n) is 3.32. The average molecular weight is 327 g/mol. The van der Waals surface area contributed by atoms with Gasteiger partial charge in [-0.25, -0.2) is 0 Å². The van der Waals surface area contributed by atoms with E-state index in [0.717, 1.165) is 32.2 Å². The molecule has 1 saturated carbocycles. The third-order valence-electron chi connectivity index (χ3n) is 4.82. The molecule has 0 aromatic heterocycles. The van der Waals surface area contributed by atoms with Crippen molar-refractivity contribution < 1.29 is 19.1 Å². The van der Waals surface area contributed by atoms with Crippen molar-refractivity contribution in [3.05, 3.63) is 0 Å². The Hall–Kier alpha value is -1.10. The summed E-state index contributed by atoms with van der Waals surface area (Å²) in [6.07, 6.45) is 5.81. The fourth-order valence-corrected chi connectivity index (χ4v) is 3.32. The Morgan fingerprint density at radius 3 is 2.26 bits per heavy atom. The highest BCUT2D eigenvalue weighted by molar-refractivity contribution is 5.72. The van der Waals surface area contributed by atoms with Crippen LogP contribution >= 0.6 is 0 Å². The van der Waals surface area contributed by atoms with Crippen LogP contribution in [0.1, 0.15) is 65.7 Å². The van der Waals surface area contributed by atoms with Crippen LogP contribution in [0.5, 0.6) is 0 Å². The maximum Gasteiger partial charge on any atom is 0.309 e. The van der Waals surface area contributed by atoms with Gasteiger partial charge in [0.15, 0.2) is 0 Å². The summed E-state index contributed by atoms with van der Waals surface area (Å²) in [7, 11) is 0. The SMILES string of the molecule is CCOC(=O)C(CC)CC(C)OC(=O)CC1CCC(CN)CC1. The molecular formula is C18H33NO4. The van der Waals surface area contributed by atoms with E-state index in [1.165, 1.54) is 0 Å². The van der Waals surface area contributed by atoms with E-state index < -0.39 is 0 Å². The van der Waals surface area contributed by atoms with Crippen molar-refractivity contribution in [2.45, 2.75) is 71.8 Å². The molecule has 0 aliphatic heterocycles. The van der Waals surface area contributed by atoms with Crippen molar-refractivity contribution in [1.29, 1.82) is 0 Å². The number of carbonyl (C=O) groups is 2. The molecule has 0 heterocycles. The average Bonchev–Trinajstić information content (AvgIpc) is 2.53. The Morgan fingerprint density at radius 2 is 1.74 bits per heavy atom. The second-order valence-electron chi connectivity index (χ2n) is 6.72. The first kappa shape index (κ1) is 19.9. The first-order valence-corrected chi connectivity index (χ1v) is 9.06. The molecule has 0 aromatic carbocycles. The van der Waals surface area contributed by atoms with Crippen LogP contribution in [0.15, 0.2) is 0 Å². The van der Waals surface area contributed by atoms with Crippen LogP contribution < -0.4 is 5.73 Å². The quantitative estimate of drug-likeness (QED) is 0.658. The molecule has 0 radical (unpaired) electrons. The maximum atomic E-state index is 12.1. The smallest absolute Gasteiger partial charge is 0.309 e. The van der Waals surface area contributed by atoms with Gasteiger partial charge in [-0.05, 0) is 70.8 Å². The van der Waals surface area contributed by atoms with Crippen molar-refractivity contribution in [1.82, 2.24) is 0 Å². The molecule has 0 spiro atoms. The summed E-state index contributed by atoms with van der Waals surface area (Å²) < 4.78 is 10.5. The van der Waals surface area contributed by atoms with E-state index in [0.29, 0.717) is 37.7 Å². The van der Waals surface area contributed by atoms with Gasteiger partial charge in [0, 0.05) is 6.42 Å². The Kier molecular flexibility index (Phi) is 9.22. The van der Waals surface area contributed by atoms with Gasteiger partial charge in [-0.1, -0.05) is 6.92 Å². The minimum Gasteiger partial charge on any atom is -0.466 e. The first-order chi connectivity index (χ1) is 11.0. The maximum absolute atomic E-state index is 12.1. The fraction of sp³-hybridized carbons (Fsp3) is 0.889. The standard InChI is InChI=1S/C18H33NO4/c1-4-16(18(21)22-5-2)10-13(3)23-17(20)11-14-6-8-15(12-19)9-7-14/h13-16H,4-12,19H2,1-3H3. The zero-order valence-electron chi connectivity index (χ0n) is 14.9. The number of nitrogens with two attached hydrogens (primary N) is 1. The van der Waals surface area contributed by atoms with Crippen LogP contribution in [-0.4, -0.2) is 31.2 Å². The largest absolute Gasteiger partial charge is 0.466 e. The monoisotopic (exact) mass is 327 g/mol. The molecule has 1 aliphatic carbocycles. The number of carbonyl (C=O) groups excluding carboxylic acids is 2. The first-order valence-electron chi connectivity index (χ1n) is 9.06. The summed E-state index contributed by atoms with van der Waals surface area (Å²) in [5.74, 6) is 0.503. The Balaban J connectivity index is 2.31. The molecule has 2 N–H and O–H groups in total. The molecule has 5 heteroatoms. The third kappa shape index (κ3) is 7.34. The second-order valence-corrected chi connectivity index (χ2v) is 6.72. The van der Waals surface area contributed by atoms with Crippen LogP contribution in [0.2, 0.25) is 0 Å².